The molecule has 0 spiro atoms. The van der Waals surface area contributed by atoms with Gasteiger partial charge < -0.3 is 19.7 Å². The first-order valence-corrected chi connectivity index (χ1v) is 8.53. The molecule has 0 saturated carbocycles. The minimum atomic E-state index is 0.307. The van der Waals surface area contributed by atoms with Crippen LogP contribution in [0.3, 0.4) is 0 Å². The molecule has 2 aliphatic rings. The Bertz CT molecular complexity index is 378. The van der Waals surface area contributed by atoms with E-state index < -0.39 is 0 Å². The van der Waals surface area contributed by atoms with Crippen molar-refractivity contribution in [1.29, 1.82) is 0 Å². The van der Waals surface area contributed by atoms with Gasteiger partial charge >= 0.3 is 0 Å². The number of nitrogens with one attached hydrogen (secondary N) is 1. The lowest BCUT2D eigenvalue weighted by Gasteiger charge is -2.35. The van der Waals surface area contributed by atoms with E-state index >= 15 is 0 Å². The summed E-state index contributed by atoms with van der Waals surface area (Å²) in [5.74, 6) is 3.49. The van der Waals surface area contributed by atoms with Gasteiger partial charge in [0.05, 0.1) is 18.8 Å². The highest BCUT2D eigenvalue weighted by Gasteiger charge is 2.23. The summed E-state index contributed by atoms with van der Waals surface area (Å²) in [7, 11) is 0. The van der Waals surface area contributed by atoms with E-state index in [9.17, 15) is 0 Å². The highest BCUT2D eigenvalue weighted by atomic mass is 16.5. The molecule has 0 bridgehead atoms. The fourth-order valence-corrected chi connectivity index (χ4v) is 2.96. The van der Waals surface area contributed by atoms with Crippen molar-refractivity contribution in [1.82, 2.24) is 10.2 Å². The molecule has 2 saturated heterocycles. The molecular weight excluding hydrogens is 278 g/mol. The number of likely N-dealkylation sites (tertiary alicyclic amines) is 1. The van der Waals surface area contributed by atoms with Gasteiger partial charge in [0.1, 0.15) is 6.54 Å². The average Bonchev–Trinajstić information content (AvgIpc) is 2.58. The third-order valence-corrected chi connectivity index (χ3v) is 4.19. The van der Waals surface area contributed by atoms with E-state index in [4.69, 9.17) is 15.9 Å². The van der Waals surface area contributed by atoms with Gasteiger partial charge in [-0.05, 0) is 39.0 Å². The summed E-state index contributed by atoms with van der Waals surface area (Å²) in [5.41, 5.74) is 0. The number of aliphatic imine (C=N–C) groups is 1. The minimum absolute atomic E-state index is 0.307. The zero-order valence-corrected chi connectivity index (χ0v) is 13.7. The number of nitrogens with zero attached hydrogens (tertiary/aromatic N) is 2. The topological polar surface area (TPSA) is 46.1 Å². The average molecular weight is 307 g/mol. The number of piperidine rings is 1. The van der Waals surface area contributed by atoms with Gasteiger partial charge in [-0.1, -0.05) is 5.92 Å². The zero-order valence-electron chi connectivity index (χ0n) is 13.7. The van der Waals surface area contributed by atoms with Crippen LogP contribution in [0, 0.1) is 12.3 Å². The molecule has 0 amide bonds. The molecule has 1 N–H and O–H groups in total. The smallest absolute Gasteiger partial charge is 0.194 e. The maximum Gasteiger partial charge on any atom is 0.194 e. The SMILES string of the molecule is C#CCN=C(NCC)N1CCC(OCC2CCCCO2)CC1. The van der Waals surface area contributed by atoms with Crippen LogP contribution in [0.1, 0.15) is 39.0 Å². The van der Waals surface area contributed by atoms with E-state index in [1.807, 2.05) is 0 Å². The summed E-state index contributed by atoms with van der Waals surface area (Å²) >= 11 is 0. The lowest BCUT2D eigenvalue weighted by molar-refractivity contribution is -0.0721. The lowest BCUT2D eigenvalue weighted by Crippen LogP contribution is -2.47. The molecule has 1 unspecified atom stereocenters. The first-order valence-electron chi connectivity index (χ1n) is 8.53. The Balaban J connectivity index is 1.71. The molecule has 2 rings (SSSR count). The molecule has 0 aromatic carbocycles. The summed E-state index contributed by atoms with van der Waals surface area (Å²) in [5, 5.41) is 3.31. The molecule has 22 heavy (non-hydrogen) atoms. The third kappa shape index (κ3) is 5.51. The summed E-state index contributed by atoms with van der Waals surface area (Å²) in [6.45, 7) is 6.93. The molecular formula is C17H29N3O2. The quantitative estimate of drug-likeness (QED) is 0.476. The summed E-state index contributed by atoms with van der Waals surface area (Å²) in [4.78, 5) is 6.71. The molecule has 5 nitrogen and oxygen atoms in total. The van der Waals surface area contributed by atoms with Gasteiger partial charge in [-0.15, -0.1) is 6.42 Å². The van der Waals surface area contributed by atoms with E-state index in [1.165, 1.54) is 12.8 Å². The number of rotatable bonds is 5. The standard InChI is InChI=1S/C17H29N3O2/c1-3-10-19-17(18-4-2)20-11-8-15(9-12-20)22-14-16-7-5-6-13-21-16/h1,15-16H,4-14H2,2H3,(H,18,19). The monoisotopic (exact) mass is 307 g/mol. The van der Waals surface area contributed by atoms with Crippen molar-refractivity contribution in [2.45, 2.75) is 51.2 Å². The van der Waals surface area contributed by atoms with Crippen molar-refractivity contribution >= 4 is 5.96 Å². The van der Waals surface area contributed by atoms with Crippen LogP contribution in [0.25, 0.3) is 0 Å². The second-order valence-corrected chi connectivity index (χ2v) is 5.88. The highest BCUT2D eigenvalue weighted by molar-refractivity contribution is 5.80. The van der Waals surface area contributed by atoms with Gasteiger partial charge in [0.15, 0.2) is 5.96 Å². The Morgan fingerprint density at radius 3 is 2.82 bits per heavy atom. The molecule has 0 aromatic rings. The van der Waals surface area contributed by atoms with Crippen molar-refractivity contribution in [2.24, 2.45) is 4.99 Å². The molecule has 0 radical (unpaired) electrons. The van der Waals surface area contributed by atoms with Gasteiger partial charge in [0.2, 0.25) is 0 Å². The van der Waals surface area contributed by atoms with Gasteiger partial charge in [0, 0.05) is 26.2 Å². The largest absolute Gasteiger partial charge is 0.376 e. The Hall–Kier alpha value is -1.25. The van der Waals surface area contributed by atoms with Crippen LogP contribution in [0.2, 0.25) is 0 Å². The molecule has 2 fully saturated rings. The highest BCUT2D eigenvalue weighted by Crippen LogP contribution is 2.17. The lowest BCUT2D eigenvalue weighted by atomic mass is 10.1. The minimum Gasteiger partial charge on any atom is -0.376 e. The maximum absolute atomic E-state index is 6.05. The zero-order chi connectivity index (χ0) is 15.6. The Labute approximate surface area is 134 Å². The molecule has 2 aliphatic heterocycles. The maximum atomic E-state index is 6.05. The van der Waals surface area contributed by atoms with Gasteiger partial charge in [-0.3, -0.25) is 0 Å². The van der Waals surface area contributed by atoms with Crippen molar-refractivity contribution in [2.75, 3.05) is 39.4 Å². The van der Waals surface area contributed by atoms with Crippen molar-refractivity contribution in [3.8, 4) is 12.3 Å². The fraction of sp³-hybridized carbons (Fsp3) is 0.824. The van der Waals surface area contributed by atoms with Crippen molar-refractivity contribution in [3.05, 3.63) is 0 Å². The van der Waals surface area contributed by atoms with Crippen LogP contribution in [0.4, 0.5) is 0 Å². The van der Waals surface area contributed by atoms with Crippen LogP contribution in [0.15, 0.2) is 4.99 Å². The Kier molecular flexibility index (Phi) is 7.55. The number of terminal acetylenes is 1. The van der Waals surface area contributed by atoms with E-state index in [-0.39, 0.29) is 0 Å². The van der Waals surface area contributed by atoms with Crippen LogP contribution in [-0.4, -0.2) is 62.5 Å². The predicted octanol–water partition coefficient (Wildman–Crippen LogP) is 1.64. The molecule has 2 heterocycles. The molecule has 0 aromatic heterocycles. The van der Waals surface area contributed by atoms with E-state index in [0.717, 1.165) is 58.1 Å². The molecule has 0 aliphatic carbocycles. The molecule has 1 atom stereocenters. The molecule has 5 heteroatoms. The third-order valence-electron chi connectivity index (χ3n) is 4.19. The van der Waals surface area contributed by atoms with Gasteiger partial charge in [-0.25, -0.2) is 4.99 Å². The summed E-state index contributed by atoms with van der Waals surface area (Å²) in [6.07, 6.45) is 11.6. The summed E-state index contributed by atoms with van der Waals surface area (Å²) in [6, 6.07) is 0. The Morgan fingerprint density at radius 2 is 2.18 bits per heavy atom. The second-order valence-electron chi connectivity index (χ2n) is 5.88. The molecule has 124 valence electrons. The van der Waals surface area contributed by atoms with Gasteiger partial charge in [0.25, 0.3) is 0 Å². The van der Waals surface area contributed by atoms with E-state index in [0.29, 0.717) is 18.8 Å². The van der Waals surface area contributed by atoms with Crippen LogP contribution >= 0.6 is 0 Å². The first-order chi connectivity index (χ1) is 10.8. The number of hydrogen-bond acceptors (Lipinski definition) is 3. The number of ether oxygens (including phenoxy) is 2. The number of hydrogen-bond donors (Lipinski definition) is 1. The van der Waals surface area contributed by atoms with E-state index in [2.05, 4.69) is 28.1 Å². The van der Waals surface area contributed by atoms with Crippen LogP contribution in [-0.2, 0) is 9.47 Å². The van der Waals surface area contributed by atoms with Crippen molar-refractivity contribution in [3.63, 3.8) is 0 Å². The number of guanidine groups is 1. The fourth-order valence-electron chi connectivity index (χ4n) is 2.96. The van der Waals surface area contributed by atoms with Crippen LogP contribution < -0.4 is 5.32 Å². The normalized spacial score (nSPS) is 24.1. The van der Waals surface area contributed by atoms with Crippen molar-refractivity contribution < 1.29 is 9.47 Å². The predicted molar refractivity (Wildman–Crippen MR) is 88.9 cm³/mol. The van der Waals surface area contributed by atoms with Crippen LogP contribution in [0.5, 0.6) is 0 Å². The first kappa shape index (κ1) is 17.1. The van der Waals surface area contributed by atoms with E-state index in [1.54, 1.807) is 0 Å². The Morgan fingerprint density at radius 1 is 1.36 bits per heavy atom. The second kappa shape index (κ2) is 9.70. The van der Waals surface area contributed by atoms with Gasteiger partial charge in [-0.2, -0.15) is 0 Å². The summed E-state index contributed by atoms with van der Waals surface area (Å²) < 4.78 is 11.8.